The van der Waals surface area contributed by atoms with Gasteiger partial charge in [0.2, 0.25) is 0 Å². The van der Waals surface area contributed by atoms with Gasteiger partial charge in [-0.1, -0.05) is 15.9 Å². The van der Waals surface area contributed by atoms with Crippen molar-refractivity contribution in [2.45, 2.75) is 32.2 Å². The van der Waals surface area contributed by atoms with E-state index in [1.165, 1.54) is 24.8 Å². The van der Waals surface area contributed by atoms with Crippen molar-refractivity contribution in [3.8, 4) is 0 Å². The number of aryl methyl sites for hydroxylation is 1. The lowest BCUT2D eigenvalue weighted by Crippen LogP contribution is -2.41. The maximum Gasteiger partial charge on any atom is 0.129 e. The maximum absolute atomic E-state index is 4.52. The second-order valence-corrected chi connectivity index (χ2v) is 5.79. The fourth-order valence-electron chi connectivity index (χ4n) is 2.14. The van der Waals surface area contributed by atoms with Crippen molar-refractivity contribution in [1.29, 1.82) is 0 Å². The van der Waals surface area contributed by atoms with Crippen molar-refractivity contribution < 1.29 is 0 Å². The van der Waals surface area contributed by atoms with Gasteiger partial charge in [-0.25, -0.2) is 4.98 Å². The third-order valence-corrected chi connectivity index (χ3v) is 4.71. The van der Waals surface area contributed by atoms with Gasteiger partial charge in [-0.15, -0.1) is 0 Å². The Morgan fingerprint density at radius 2 is 2.31 bits per heavy atom. The van der Waals surface area contributed by atoms with Gasteiger partial charge in [0.25, 0.3) is 0 Å². The molecule has 1 fully saturated rings. The molecular formula is C12H16Br2N2. The molecule has 0 N–H and O–H groups in total. The minimum atomic E-state index is 0.599. The minimum Gasteiger partial charge on any atom is -0.353 e. The molecule has 2 nitrogen and oxygen atoms in total. The lowest BCUT2D eigenvalue weighted by atomic mass is 10.0. The monoisotopic (exact) mass is 346 g/mol. The van der Waals surface area contributed by atoms with Crippen LogP contribution < -0.4 is 4.90 Å². The second-order valence-electron chi connectivity index (χ2n) is 4.29. The number of hydrogen-bond donors (Lipinski definition) is 0. The molecule has 2 heterocycles. The SMILES string of the molecule is Cc1cc(N2CCCCC2CBr)ncc1Br. The first-order chi connectivity index (χ1) is 7.72. The fourth-order valence-corrected chi connectivity index (χ4v) is 3.03. The van der Waals surface area contributed by atoms with Crippen LogP contribution in [0.3, 0.4) is 0 Å². The van der Waals surface area contributed by atoms with Gasteiger partial charge in [-0.2, -0.15) is 0 Å². The van der Waals surface area contributed by atoms with Crippen LogP contribution in [0.1, 0.15) is 24.8 Å². The number of alkyl halides is 1. The average molecular weight is 348 g/mol. The molecule has 1 aliphatic rings. The molecule has 0 spiro atoms. The molecule has 1 saturated heterocycles. The molecule has 0 amide bonds. The zero-order valence-electron chi connectivity index (χ0n) is 9.42. The van der Waals surface area contributed by atoms with Gasteiger partial charge in [-0.3, -0.25) is 0 Å². The van der Waals surface area contributed by atoms with Crippen molar-refractivity contribution >= 4 is 37.7 Å². The number of piperidine rings is 1. The van der Waals surface area contributed by atoms with Crippen LogP contribution in [-0.2, 0) is 0 Å². The molecule has 1 atom stereocenters. The molecule has 0 bridgehead atoms. The van der Waals surface area contributed by atoms with E-state index in [4.69, 9.17) is 0 Å². The summed E-state index contributed by atoms with van der Waals surface area (Å²) in [4.78, 5) is 6.95. The Kier molecular flexibility index (Phi) is 4.25. The molecule has 1 aromatic rings. The van der Waals surface area contributed by atoms with E-state index in [9.17, 15) is 0 Å². The Labute approximate surface area is 114 Å². The van der Waals surface area contributed by atoms with E-state index in [1.807, 2.05) is 6.20 Å². The average Bonchev–Trinajstić information content (AvgIpc) is 2.32. The third-order valence-electron chi connectivity index (χ3n) is 3.13. The van der Waals surface area contributed by atoms with Gasteiger partial charge in [0.15, 0.2) is 0 Å². The summed E-state index contributed by atoms with van der Waals surface area (Å²) < 4.78 is 1.09. The van der Waals surface area contributed by atoms with Crippen LogP contribution in [-0.4, -0.2) is 22.9 Å². The van der Waals surface area contributed by atoms with Crippen LogP contribution in [0.2, 0.25) is 0 Å². The number of nitrogens with zero attached hydrogens (tertiary/aromatic N) is 2. The van der Waals surface area contributed by atoms with Crippen molar-refractivity contribution in [3.05, 3.63) is 22.3 Å². The molecule has 1 aromatic heterocycles. The zero-order valence-corrected chi connectivity index (χ0v) is 12.6. The largest absolute Gasteiger partial charge is 0.353 e. The Bertz CT molecular complexity index is 368. The normalized spacial score (nSPS) is 21.2. The molecule has 1 unspecified atom stereocenters. The Hall–Kier alpha value is -0.0900. The van der Waals surface area contributed by atoms with Crippen LogP contribution in [0, 0.1) is 6.92 Å². The molecule has 0 aliphatic carbocycles. The van der Waals surface area contributed by atoms with Crippen LogP contribution in [0.25, 0.3) is 0 Å². The predicted molar refractivity (Wildman–Crippen MR) is 75.5 cm³/mol. The maximum atomic E-state index is 4.52. The number of aromatic nitrogens is 1. The smallest absolute Gasteiger partial charge is 0.129 e. The van der Waals surface area contributed by atoms with Crippen molar-refractivity contribution in [1.82, 2.24) is 4.98 Å². The van der Waals surface area contributed by atoms with Gasteiger partial charge < -0.3 is 4.90 Å². The minimum absolute atomic E-state index is 0.599. The fraction of sp³-hybridized carbons (Fsp3) is 0.583. The molecule has 0 saturated carbocycles. The number of hydrogen-bond acceptors (Lipinski definition) is 2. The number of anilines is 1. The summed E-state index contributed by atoms with van der Waals surface area (Å²) >= 11 is 7.10. The summed E-state index contributed by atoms with van der Waals surface area (Å²) in [7, 11) is 0. The second kappa shape index (κ2) is 5.50. The molecule has 88 valence electrons. The summed E-state index contributed by atoms with van der Waals surface area (Å²) in [6, 6.07) is 2.77. The highest BCUT2D eigenvalue weighted by atomic mass is 79.9. The summed E-state index contributed by atoms with van der Waals surface area (Å²) in [6.45, 7) is 3.24. The van der Waals surface area contributed by atoms with E-state index in [0.717, 1.165) is 22.2 Å². The highest BCUT2D eigenvalue weighted by Crippen LogP contribution is 2.26. The molecular weight excluding hydrogens is 332 g/mol. The van der Waals surface area contributed by atoms with Crippen molar-refractivity contribution in [3.63, 3.8) is 0 Å². The van der Waals surface area contributed by atoms with E-state index in [2.05, 4.69) is 54.7 Å². The topological polar surface area (TPSA) is 16.1 Å². The third kappa shape index (κ3) is 2.59. The molecule has 0 aromatic carbocycles. The van der Waals surface area contributed by atoms with Crippen LogP contribution in [0.4, 0.5) is 5.82 Å². The number of pyridine rings is 1. The first-order valence-corrected chi connectivity index (χ1v) is 7.58. The highest BCUT2D eigenvalue weighted by molar-refractivity contribution is 9.10. The van der Waals surface area contributed by atoms with Gasteiger partial charge in [0.1, 0.15) is 5.82 Å². The Morgan fingerprint density at radius 3 is 3.00 bits per heavy atom. The summed E-state index contributed by atoms with van der Waals surface area (Å²) in [6.07, 6.45) is 5.79. The van der Waals surface area contributed by atoms with E-state index in [1.54, 1.807) is 0 Å². The zero-order chi connectivity index (χ0) is 11.5. The van der Waals surface area contributed by atoms with E-state index < -0.39 is 0 Å². The lowest BCUT2D eigenvalue weighted by Gasteiger charge is -2.35. The molecule has 2 rings (SSSR count). The quantitative estimate of drug-likeness (QED) is 0.754. The first-order valence-electron chi connectivity index (χ1n) is 5.67. The van der Waals surface area contributed by atoms with Crippen LogP contribution in [0.15, 0.2) is 16.7 Å². The van der Waals surface area contributed by atoms with E-state index in [-0.39, 0.29) is 0 Å². The number of rotatable bonds is 2. The van der Waals surface area contributed by atoms with Gasteiger partial charge in [-0.05, 0) is 53.7 Å². The molecule has 0 radical (unpaired) electrons. The van der Waals surface area contributed by atoms with Gasteiger partial charge in [0.05, 0.1) is 0 Å². The highest BCUT2D eigenvalue weighted by Gasteiger charge is 2.22. The van der Waals surface area contributed by atoms with Crippen LogP contribution in [0.5, 0.6) is 0 Å². The molecule has 4 heteroatoms. The van der Waals surface area contributed by atoms with Crippen LogP contribution >= 0.6 is 31.9 Å². The van der Waals surface area contributed by atoms with Gasteiger partial charge in [0, 0.05) is 28.6 Å². The van der Waals surface area contributed by atoms with Crippen molar-refractivity contribution in [2.24, 2.45) is 0 Å². The first kappa shape index (κ1) is 12.4. The number of halogens is 2. The Balaban J connectivity index is 2.23. The Morgan fingerprint density at radius 1 is 1.50 bits per heavy atom. The standard InChI is InChI=1S/C12H16Br2N2/c1-9-6-12(15-8-11(9)14)16-5-3-2-4-10(16)7-13/h6,8,10H,2-5,7H2,1H3. The van der Waals surface area contributed by atoms with Crippen molar-refractivity contribution in [2.75, 3.05) is 16.8 Å². The molecule has 16 heavy (non-hydrogen) atoms. The summed E-state index contributed by atoms with van der Waals surface area (Å²) in [5.74, 6) is 1.12. The van der Waals surface area contributed by atoms with E-state index >= 15 is 0 Å². The van der Waals surface area contributed by atoms with Gasteiger partial charge >= 0.3 is 0 Å². The molecule has 1 aliphatic heterocycles. The van der Waals surface area contributed by atoms with E-state index in [0.29, 0.717) is 6.04 Å². The summed E-state index contributed by atoms with van der Waals surface area (Å²) in [5.41, 5.74) is 1.25. The summed E-state index contributed by atoms with van der Waals surface area (Å²) in [5, 5.41) is 1.03. The lowest BCUT2D eigenvalue weighted by molar-refractivity contribution is 0.487. The predicted octanol–water partition coefficient (Wildman–Crippen LogP) is 3.91.